The molecule has 0 aromatic heterocycles. The van der Waals surface area contributed by atoms with Gasteiger partial charge in [-0.2, -0.15) is 0 Å². The second-order valence-electron chi connectivity index (χ2n) is 3.90. The van der Waals surface area contributed by atoms with Gasteiger partial charge in [-0.05, 0) is 42.7 Å². The molecule has 0 aliphatic rings. The molecule has 13 heavy (non-hydrogen) atoms. The molecular weight excluding hydrogens is 176 g/mol. The number of aryl methyl sites for hydroxylation is 1. The molecule has 1 heteroatoms. The van der Waals surface area contributed by atoms with Crippen LogP contribution in [0.2, 0.25) is 0 Å². The van der Waals surface area contributed by atoms with E-state index < -0.39 is 0 Å². The molecule has 0 N–H and O–H groups in total. The van der Waals surface area contributed by atoms with Crippen molar-refractivity contribution in [1.82, 2.24) is 0 Å². The van der Waals surface area contributed by atoms with Crippen LogP contribution >= 0.6 is 11.8 Å². The molecule has 1 aromatic carbocycles. The molecule has 0 spiro atoms. The van der Waals surface area contributed by atoms with Gasteiger partial charge in [0.2, 0.25) is 0 Å². The topological polar surface area (TPSA) is 0 Å². The second-order valence-corrected chi connectivity index (χ2v) is 4.75. The highest BCUT2D eigenvalue weighted by atomic mass is 32.2. The lowest BCUT2D eigenvalue weighted by Gasteiger charge is -2.08. The van der Waals surface area contributed by atoms with E-state index in [9.17, 15) is 0 Å². The zero-order valence-corrected chi connectivity index (χ0v) is 9.74. The van der Waals surface area contributed by atoms with E-state index in [1.165, 1.54) is 22.4 Å². The monoisotopic (exact) mass is 194 g/mol. The van der Waals surface area contributed by atoms with Crippen LogP contribution in [0.25, 0.3) is 0 Å². The lowest BCUT2D eigenvalue weighted by molar-refractivity contribution is 0.646. The number of hydrogen-bond acceptors (Lipinski definition) is 1. The van der Waals surface area contributed by atoms with Crippen LogP contribution in [0, 0.1) is 12.8 Å². The number of benzene rings is 1. The van der Waals surface area contributed by atoms with Gasteiger partial charge in [-0.1, -0.05) is 26.0 Å². The molecule has 72 valence electrons. The minimum absolute atomic E-state index is 0.750. The summed E-state index contributed by atoms with van der Waals surface area (Å²) >= 11 is 1.82. The first-order valence-electron chi connectivity index (χ1n) is 4.77. The van der Waals surface area contributed by atoms with E-state index in [0.29, 0.717) is 0 Å². The minimum atomic E-state index is 0.750. The Labute approximate surface area is 85.7 Å². The molecular formula is C12H18S. The number of rotatable bonds is 3. The van der Waals surface area contributed by atoms with Gasteiger partial charge in [0.1, 0.15) is 0 Å². The first-order valence-corrected chi connectivity index (χ1v) is 5.99. The largest absolute Gasteiger partial charge is 0.129 e. The van der Waals surface area contributed by atoms with Crippen molar-refractivity contribution in [3.63, 3.8) is 0 Å². The summed E-state index contributed by atoms with van der Waals surface area (Å²) in [5.74, 6) is 0.750. The summed E-state index contributed by atoms with van der Waals surface area (Å²) in [6.07, 6.45) is 3.32. The maximum atomic E-state index is 2.31. The standard InChI is InChI=1S/C12H18S/c1-9(2)7-11-5-6-12(13-4)10(3)8-11/h5-6,8-9H,7H2,1-4H3. The van der Waals surface area contributed by atoms with Gasteiger partial charge in [0.25, 0.3) is 0 Å². The van der Waals surface area contributed by atoms with Gasteiger partial charge in [-0.25, -0.2) is 0 Å². The van der Waals surface area contributed by atoms with Crippen molar-refractivity contribution >= 4 is 11.8 Å². The summed E-state index contributed by atoms with van der Waals surface area (Å²) in [5.41, 5.74) is 2.87. The molecule has 0 radical (unpaired) electrons. The average molecular weight is 194 g/mol. The van der Waals surface area contributed by atoms with Crippen molar-refractivity contribution in [3.05, 3.63) is 29.3 Å². The van der Waals surface area contributed by atoms with Crippen LogP contribution in [-0.4, -0.2) is 6.26 Å². The quantitative estimate of drug-likeness (QED) is 0.657. The molecule has 0 fully saturated rings. The summed E-state index contributed by atoms with van der Waals surface area (Å²) in [7, 11) is 0. The lowest BCUT2D eigenvalue weighted by atomic mass is 10.0. The molecule has 0 bridgehead atoms. The molecule has 0 amide bonds. The number of thioether (sulfide) groups is 1. The van der Waals surface area contributed by atoms with E-state index in [1.807, 2.05) is 11.8 Å². The van der Waals surface area contributed by atoms with Gasteiger partial charge in [0, 0.05) is 4.90 Å². The Bertz CT molecular complexity index is 276. The third-order valence-electron chi connectivity index (χ3n) is 2.10. The highest BCUT2D eigenvalue weighted by molar-refractivity contribution is 7.98. The Morgan fingerprint density at radius 1 is 1.31 bits per heavy atom. The Morgan fingerprint density at radius 3 is 2.46 bits per heavy atom. The van der Waals surface area contributed by atoms with Gasteiger partial charge < -0.3 is 0 Å². The lowest BCUT2D eigenvalue weighted by Crippen LogP contribution is -1.94. The minimum Gasteiger partial charge on any atom is -0.129 e. The van der Waals surface area contributed by atoms with Crippen molar-refractivity contribution in [2.75, 3.05) is 6.26 Å². The predicted molar refractivity (Wildman–Crippen MR) is 61.5 cm³/mol. The first-order chi connectivity index (χ1) is 6.13. The van der Waals surface area contributed by atoms with E-state index in [2.05, 4.69) is 45.2 Å². The maximum Gasteiger partial charge on any atom is 0.00985 e. The van der Waals surface area contributed by atoms with Crippen molar-refractivity contribution in [3.8, 4) is 0 Å². The SMILES string of the molecule is CSc1ccc(CC(C)C)cc1C. The summed E-state index contributed by atoms with van der Waals surface area (Å²) in [6, 6.07) is 6.79. The van der Waals surface area contributed by atoms with Crippen molar-refractivity contribution < 1.29 is 0 Å². The molecule has 0 saturated heterocycles. The normalized spacial score (nSPS) is 10.8. The molecule has 0 atom stereocenters. The molecule has 0 unspecified atom stereocenters. The van der Waals surface area contributed by atoms with E-state index in [0.717, 1.165) is 5.92 Å². The zero-order valence-electron chi connectivity index (χ0n) is 8.92. The van der Waals surface area contributed by atoms with Crippen molar-refractivity contribution in [2.45, 2.75) is 32.1 Å². The van der Waals surface area contributed by atoms with Gasteiger partial charge in [-0.15, -0.1) is 11.8 Å². The first kappa shape index (κ1) is 10.6. The van der Waals surface area contributed by atoms with Crippen molar-refractivity contribution in [2.24, 2.45) is 5.92 Å². The van der Waals surface area contributed by atoms with Gasteiger partial charge >= 0.3 is 0 Å². The Kier molecular flexibility index (Phi) is 3.86. The Balaban J connectivity index is 2.83. The summed E-state index contributed by atoms with van der Waals surface area (Å²) in [6.45, 7) is 6.71. The highest BCUT2D eigenvalue weighted by Gasteiger charge is 2.00. The van der Waals surface area contributed by atoms with Crippen molar-refractivity contribution in [1.29, 1.82) is 0 Å². The van der Waals surface area contributed by atoms with Crippen LogP contribution in [0.4, 0.5) is 0 Å². The smallest absolute Gasteiger partial charge is 0.00985 e. The highest BCUT2D eigenvalue weighted by Crippen LogP contribution is 2.21. The third-order valence-corrected chi connectivity index (χ3v) is 3.00. The van der Waals surface area contributed by atoms with Crippen LogP contribution in [0.15, 0.2) is 23.1 Å². The Morgan fingerprint density at radius 2 is 2.00 bits per heavy atom. The predicted octanol–water partition coefficient (Wildman–Crippen LogP) is 3.92. The van der Waals surface area contributed by atoms with Crippen LogP contribution in [-0.2, 0) is 6.42 Å². The Hall–Kier alpha value is -0.430. The average Bonchev–Trinajstić information content (AvgIpc) is 2.03. The zero-order chi connectivity index (χ0) is 9.84. The van der Waals surface area contributed by atoms with Gasteiger partial charge in [0.15, 0.2) is 0 Å². The fourth-order valence-corrected chi connectivity index (χ4v) is 2.12. The van der Waals surface area contributed by atoms with Crippen LogP contribution in [0.3, 0.4) is 0 Å². The van der Waals surface area contributed by atoms with E-state index in [-0.39, 0.29) is 0 Å². The molecule has 1 aromatic rings. The molecule has 0 nitrogen and oxygen atoms in total. The fraction of sp³-hybridized carbons (Fsp3) is 0.500. The van der Waals surface area contributed by atoms with Crippen LogP contribution < -0.4 is 0 Å². The maximum absolute atomic E-state index is 2.31. The van der Waals surface area contributed by atoms with Gasteiger partial charge in [0.05, 0.1) is 0 Å². The summed E-state index contributed by atoms with van der Waals surface area (Å²) in [5, 5.41) is 0. The van der Waals surface area contributed by atoms with Crippen LogP contribution in [0.5, 0.6) is 0 Å². The van der Waals surface area contributed by atoms with Gasteiger partial charge in [-0.3, -0.25) is 0 Å². The van der Waals surface area contributed by atoms with E-state index >= 15 is 0 Å². The summed E-state index contributed by atoms with van der Waals surface area (Å²) in [4.78, 5) is 1.40. The molecule has 0 aliphatic heterocycles. The molecule has 0 aliphatic carbocycles. The summed E-state index contributed by atoms with van der Waals surface area (Å²) < 4.78 is 0. The molecule has 0 heterocycles. The molecule has 0 saturated carbocycles. The second kappa shape index (κ2) is 4.71. The van der Waals surface area contributed by atoms with E-state index in [1.54, 1.807) is 0 Å². The molecule has 1 rings (SSSR count). The third kappa shape index (κ3) is 3.07. The number of hydrogen-bond donors (Lipinski definition) is 0. The van der Waals surface area contributed by atoms with Crippen LogP contribution in [0.1, 0.15) is 25.0 Å². The fourth-order valence-electron chi connectivity index (χ4n) is 1.54. The van der Waals surface area contributed by atoms with E-state index in [4.69, 9.17) is 0 Å².